The first-order chi connectivity index (χ1) is 9.08. The molecule has 1 aliphatic carbocycles. The summed E-state index contributed by atoms with van der Waals surface area (Å²) in [6.45, 7) is 4.14. The Hall–Kier alpha value is -1.51. The Balaban J connectivity index is 1.97. The van der Waals surface area contributed by atoms with E-state index in [1.54, 1.807) is 12.2 Å². The standard InChI is InChI=1S/C16H23NO2/c1-12-6-4-5-7-15(12)17(3)16(18)11-10-14-9-8-13(2)19-14/h8-12,15H,4-7H2,1-3H3/b11-10+. The third kappa shape index (κ3) is 3.49. The number of aryl methyl sites for hydroxylation is 1. The summed E-state index contributed by atoms with van der Waals surface area (Å²) in [6.07, 6.45) is 8.23. The number of carbonyl (C=O) groups is 1. The molecule has 104 valence electrons. The van der Waals surface area contributed by atoms with E-state index < -0.39 is 0 Å². The van der Waals surface area contributed by atoms with Crippen LogP contribution in [0.15, 0.2) is 22.6 Å². The van der Waals surface area contributed by atoms with E-state index in [9.17, 15) is 4.79 Å². The van der Waals surface area contributed by atoms with E-state index in [0.29, 0.717) is 12.0 Å². The van der Waals surface area contributed by atoms with Crippen LogP contribution in [0.5, 0.6) is 0 Å². The lowest BCUT2D eigenvalue weighted by Crippen LogP contribution is -2.41. The molecule has 0 spiro atoms. The van der Waals surface area contributed by atoms with Crippen molar-refractivity contribution in [2.75, 3.05) is 7.05 Å². The van der Waals surface area contributed by atoms with Gasteiger partial charge in [-0.25, -0.2) is 0 Å². The van der Waals surface area contributed by atoms with E-state index in [1.807, 2.05) is 31.0 Å². The average molecular weight is 261 g/mol. The van der Waals surface area contributed by atoms with Gasteiger partial charge >= 0.3 is 0 Å². The van der Waals surface area contributed by atoms with Crippen molar-refractivity contribution in [2.24, 2.45) is 5.92 Å². The van der Waals surface area contributed by atoms with Crippen LogP contribution in [0.3, 0.4) is 0 Å². The first-order valence-electron chi connectivity index (χ1n) is 7.09. The van der Waals surface area contributed by atoms with Crippen LogP contribution < -0.4 is 0 Å². The lowest BCUT2D eigenvalue weighted by atomic mass is 9.85. The van der Waals surface area contributed by atoms with Crippen LogP contribution in [0, 0.1) is 12.8 Å². The fourth-order valence-corrected chi connectivity index (χ4v) is 2.85. The summed E-state index contributed by atoms with van der Waals surface area (Å²) in [5.74, 6) is 2.26. The fourth-order valence-electron chi connectivity index (χ4n) is 2.85. The number of carbonyl (C=O) groups excluding carboxylic acids is 1. The van der Waals surface area contributed by atoms with Crippen molar-refractivity contribution in [1.29, 1.82) is 0 Å². The molecule has 3 heteroatoms. The summed E-state index contributed by atoms with van der Waals surface area (Å²) < 4.78 is 5.42. The van der Waals surface area contributed by atoms with Crippen LogP contribution in [0.4, 0.5) is 0 Å². The summed E-state index contributed by atoms with van der Waals surface area (Å²) in [7, 11) is 1.91. The van der Waals surface area contributed by atoms with Crippen molar-refractivity contribution < 1.29 is 9.21 Å². The maximum Gasteiger partial charge on any atom is 0.246 e. The molecule has 2 rings (SSSR count). The van der Waals surface area contributed by atoms with E-state index in [0.717, 1.165) is 17.9 Å². The molecule has 0 radical (unpaired) electrons. The van der Waals surface area contributed by atoms with Crippen molar-refractivity contribution in [3.63, 3.8) is 0 Å². The highest BCUT2D eigenvalue weighted by molar-refractivity contribution is 5.91. The van der Waals surface area contributed by atoms with Gasteiger partial charge in [0.05, 0.1) is 0 Å². The molecule has 2 unspecified atom stereocenters. The smallest absolute Gasteiger partial charge is 0.246 e. The zero-order valence-corrected chi connectivity index (χ0v) is 12.1. The summed E-state index contributed by atoms with van der Waals surface area (Å²) in [4.78, 5) is 14.1. The number of amides is 1. The molecule has 0 N–H and O–H groups in total. The first kappa shape index (κ1) is 13.9. The largest absolute Gasteiger partial charge is 0.462 e. The van der Waals surface area contributed by atoms with Gasteiger partial charge in [-0.05, 0) is 43.9 Å². The van der Waals surface area contributed by atoms with Crippen LogP contribution in [0.1, 0.15) is 44.1 Å². The molecule has 1 aromatic heterocycles. The van der Waals surface area contributed by atoms with Gasteiger partial charge in [0.1, 0.15) is 11.5 Å². The number of hydrogen-bond acceptors (Lipinski definition) is 2. The molecule has 0 aliphatic heterocycles. The second-order valence-corrected chi connectivity index (χ2v) is 5.56. The van der Waals surface area contributed by atoms with E-state index in [1.165, 1.54) is 19.3 Å². The second kappa shape index (κ2) is 6.09. The molecule has 2 atom stereocenters. The number of furan rings is 1. The highest BCUT2D eigenvalue weighted by atomic mass is 16.3. The minimum atomic E-state index is 0.0628. The predicted octanol–water partition coefficient (Wildman–Crippen LogP) is 3.64. The van der Waals surface area contributed by atoms with Gasteiger partial charge in [0.25, 0.3) is 0 Å². The molecule has 0 bridgehead atoms. The van der Waals surface area contributed by atoms with Gasteiger partial charge in [-0.1, -0.05) is 19.8 Å². The fraction of sp³-hybridized carbons (Fsp3) is 0.562. The maximum atomic E-state index is 12.2. The minimum absolute atomic E-state index is 0.0628. The third-order valence-corrected chi connectivity index (χ3v) is 4.06. The van der Waals surface area contributed by atoms with Crippen LogP contribution >= 0.6 is 0 Å². The van der Waals surface area contributed by atoms with Gasteiger partial charge < -0.3 is 9.32 Å². The molecule has 1 amide bonds. The zero-order chi connectivity index (χ0) is 13.8. The van der Waals surface area contributed by atoms with Gasteiger partial charge in [-0.15, -0.1) is 0 Å². The van der Waals surface area contributed by atoms with E-state index in [-0.39, 0.29) is 5.91 Å². The second-order valence-electron chi connectivity index (χ2n) is 5.56. The van der Waals surface area contributed by atoms with Crippen LogP contribution in [0.2, 0.25) is 0 Å². The topological polar surface area (TPSA) is 33.5 Å². The monoisotopic (exact) mass is 261 g/mol. The van der Waals surface area contributed by atoms with Gasteiger partial charge in [0, 0.05) is 19.2 Å². The molecule has 1 aromatic rings. The van der Waals surface area contributed by atoms with E-state index in [2.05, 4.69) is 6.92 Å². The zero-order valence-electron chi connectivity index (χ0n) is 12.1. The summed E-state index contributed by atoms with van der Waals surface area (Å²) in [5.41, 5.74) is 0. The van der Waals surface area contributed by atoms with Gasteiger partial charge in [-0.3, -0.25) is 4.79 Å². The number of nitrogens with zero attached hydrogens (tertiary/aromatic N) is 1. The lowest BCUT2D eigenvalue weighted by Gasteiger charge is -2.35. The van der Waals surface area contributed by atoms with Gasteiger partial charge in [0.15, 0.2) is 0 Å². The van der Waals surface area contributed by atoms with Gasteiger partial charge in [-0.2, -0.15) is 0 Å². The van der Waals surface area contributed by atoms with E-state index >= 15 is 0 Å². The quantitative estimate of drug-likeness (QED) is 0.778. The minimum Gasteiger partial charge on any atom is -0.462 e. The molecule has 3 nitrogen and oxygen atoms in total. The SMILES string of the molecule is Cc1ccc(/C=C/C(=O)N(C)C2CCCCC2C)o1. The molecule has 19 heavy (non-hydrogen) atoms. The maximum absolute atomic E-state index is 12.2. The van der Waals surface area contributed by atoms with Crippen LogP contribution in [-0.2, 0) is 4.79 Å². The molecule has 1 fully saturated rings. The molecular weight excluding hydrogens is 238 g/mol. The Kier molecular flexibility index (Phi) is 4.46. The first-order valence-corrected chi connectivity index (χ1v) is 7.09. The van der Waals surface area contributed by atoms with Crippen molar-refractivity contribution in [1.82, 2.24) is 4.90 Å². The summed E-state index contributed by atoms with van der Waals surface area (Å²) in [5, 5.41) is 0. The van der Waals surface area contributed by atoms with Crippen LogP contribution in [-0.4, -0.2) is 23.9 Å². The van der Waals surface area contributed by atoms with E-state index in [4.69, 9.17) is 4.42 Å². The van der Waals surface area contributed by atoms with Crippen molar-refractivity contribution in [2.45, 2.75) is 45.6 Å². The Labute approximate surface area is 115 Å². The lowest BCUT2D eigenvalue weighted by molar-refractivity contribution is -0.128. The molecule has 1 heterocycles. The number of likely N-dealkylation sites (N-methyl/N-ethyl adjacent to an activating group) is 1. The number of hydrogen-bond donors (Lipinski definition) is 0. The highest BCUT2D eigenvalue weighted by Crippen LogP contribution is 2.27. The molecule has 0 saturated heterocycles. The Bertz CT molecular complexity index is 461. The van der Waals surface area contributed by atoms with Crippen molar-refractivity contribution >= 4 is 12.0 Å². The molecule has 1 saturated carbocycles. The van der Waals surface area contributed by atoms with Crippen LogP contribution in [0.25, 0.3) is 6.08 Å². The average Bonchev–Trinajstić information content (AvgIpc) is 2.81. The Morgan fingerprint density at radius 1 is 1.37 bits per heavy atom. The predicted molar refractivity (Wildman–Crippen MR) is 76.7 cm³/mol. The molecule has 0 aromatic carbocycles. The third-order valence-electron chi connectivity index (χ3n) is 4.06. The Morgan fingerprint density at radius 3 is 2.74 bits per heavy atom. The van der Waals surface area contributed by atoms with Crippen molar-refractivity contribution in [3.8, 4) is 0 Å². The van der Waals surface area contributed by atoms with Gasteiger partial charge in [0.2, 0.25) is 5.91 Å². The number of rotatable bonds is 3. The summed E-state index contributed by atoms with van der Waals surface area (Å²) >= 11 is 0. The highest BCUT2D eigenvalue weighted by Gasteiger charge is 2.26. The summed E-state index contributed by atoms with van der Waals surface area (Å²) in [6, 6.07) is 4.16. The molecular formula is C16H23NO2. The van der Waals surface area contributed by atoms with Crippen molar-refractivity contribution in [3.05, 3.63) is 29.7 Å². The normalized spacial score (nSPS) is 23.7. The molecule has 1 aliphatic rings. The Morgan fingerprint density at radius 2 is 2.11 bits per heavy atom.